The molecule has 1 saturated carbocycles. The molecule has 5 nitrogen and oxygen atoms in total. The average molecular weight is 381 g/mol. The number of rotatable bonds is 6. The molecule has 2 N–H and O–H groups in total. The highest BCUT2D eigenvalue weighted by Gasteiger charge is 2.36. The van der Waals surface area contributed by atoms with Crippen LogP contribution in [0.5, 0.6) is 0 Å². The molecule has 27 heavy (non-hydrogen) atoms. The van der Waals surface area contributed by atoms with Crippen molar-refractivity contribution in [2.45, 2.75) is 50.7 Å². The van der Waals surface area contributed by atoms with Gasteiger partial charge in [-0.05, 0) is 24.5 Å². The second-order valence-corrected chi connectivity index (χ2v) is 6.69. The largest absolute Gasteiger partial charge is 0.417 e. The lowest BCUT2D eigenvalue weighted by molar-refractivity contribution is -0.137. The number of halogens is 3. The summed E-state index contributed by atoms with van der Waals surface area (Å²) in [6.07, 6.45) is 0.679. The number of nitrogens with zero attached hydrogens (tertiary/aromatic N) is 1. The Hall–Kier alpha value is -2.56. The number of alkyl halides is 3. The number of hydrogen-bond acceptors (Lipinski definition) is 3. The second kappa shape index (κ2) is 9.40. The lowest BCUT2D eigenvalue weighted by Crippen LogP contribution is -2.48. The van der Waals surface area contributed by atoms with Crippen molar-refractivity contribution < 1.29 is 22.8 Å². The maximum absolute atomic E-state index is 13.1. The molecule has 2 rings (SSSR count). The minimum Gasteiger partial charge on any atom is -0.341 e. The van der Waals surface area contributed by atoms with Gasteiger partial charge in [-0.25, -0.2) is 0 Å². The molecule has 2 amide bonds. The highest BCUT2D eigenvalue weighted by molar-refractivity contribution is 5.98. The van der Waals surface area contributed by atoms with E-state index in [4.69, 9.17) is 5.26 Å². The van der Waals surface area contributed by atoms with Crippen molar-refractivity contribution in [1.82, 2.24) is 10.6 Å². The summed E-state index contributed by atoms with van der Waals surface area (Å²) in [7, 11) is 0. The number of nitriles is 1. The number of carbonyl (C=O) groups is 2. The molecule has 1 aliphatic carbocycles. The quantitative estimate of drug-likeness (QED) is 0.741. The predicted molar refractivity (Wildman–Crippen MR) is 92.5 cm³/mol. The van der Waals surface area contributed by atoms with Crippen LogP contribution in [0, 0.1) is 17.2 Å². The van der Waals surface area contributed by atoms with E-state index >= 15 is 0 Å². The minimum atomic E-state index is -4.67. The van der Waals surface area contributed by atoms with E-state index in [1.54, 1.807) is 6.07 Å². The van der Waals surface area contributed by atoms with Crippen molar-refractivity contribution in [1.29, 1.82) is 5.26 Å². The van der Waals surface area contributed by atoms with Gasteiger partial charge in [0.05, 0.1) is 17.2 Å². The van der Waals surface area contributed by atoms with Gasteiger partial charge in [-0.3, -0.25) is 9.59 Å². The van der Waals surface area contributed by atoms with Crippen LogP contribution in [0.4, 0.5) is 13.2 Å². The van der Waals surface area contributed by atoms with Gasteiger partial charge < -0.3 is 10.6 Å². The van der Waals surface area contributed by atoms with Crippen molar-refractivity contribution in [3.63, 3.8) is 0 Å². The van der Waals surface area contributed by atoms with Crippen molar-refractivity contribution in [2.75, 3.05) is 6.54 Å². The summed E-state index contributed by atoms with van der Waals surface area (Å²) in [5.41, 5.74) is -1.57. The molecule has 1 fully saturated rings. The predicted octanol–water partition coefficient (Wildman–Crippen LogP) is 3.41. The van der Waals surface area contributed by atoms with Gasteiger partial charge in [-0.15, -0.1) is 0 Å². The first-order valence-electron chi connectivity index (χ1n) is 8.94. The van der Waals surface area contributed by atoms with Gasteiger partial charge in [-0.1, -0.05) is 44.2 Å². The molecule has 0 aromatic heterocycles. The van der Waals surface area contributed by atoms with E-state index in [1.807, 2.05) is 0 Å². The average Bonchev–Trinajstić information content (AvgIpc) is 2.65. The van der Waals surface area contributed by atoms with Crippen molar-refractivity contribution in [3.05, 3.63) is 35.4 Å². The minimum absolute atomic E-state index is 0.217. The zero-order valence-corrected chi connectivity index (χ0v) is 14.8. The number of amides is 2. The first kappa shape index (κ1) is 20.7. The molecule has 1 aliphatic rings. The summed E-state index contributed by atoms with van der Waals surface area (Å²) in [6, 6.07) is 5.27. The second-order valence-electron chi connectivity index (χ2n) is 6.69. The lowest BCUT2D eigenvalue weighted by atomic mass is 9.84. The third-order valence-corrected chi connectivity index (χ3v) is 4.73. The van der Waals surface area contributed by atoms with E-state index in [9.17, 15) is 22.8 Å². The van der Waals surface area contributed by atoms with Crippen LogP contribution in [0.25, 0.3) is 0 Å². The maximum Gasteiger partial charge on any atom is 0.417 e. The summed E-state index contributed by atoms with van der Waals surface area (Å²) in [5.74, 6) is -1.29. The van der Waals surface area contributed by atoms with Gasteiger partial charge in [0.25, 0.3) is 5.91 Å². The van der Waals surface area contributed by atoms with E-state index in [0.717, 1.165) is 44.2 Å². The van der Waals surface area contributed by atoms with E-state index in [0.29, 0.717) is 6.42 Å². The molecule has 1 aromatic carbocycles. The monoisotopic (exact) mass is 381 g/mol. The van der Waals surface area contributed by atoms with Crippen molar-refractivity contribution >= 4 is 11.8 Å². The highest BCUT2D eigenvalue weighted by atomic mass is 19.4. The Kier molecular flexibility index (Phi) is 7.22. The summed E-state index contributed by atoms with van der Waals surface area (Å²) < 4.78 is 39.4. The van der Waals surface area contributed by atoms with E-state index in [1.165, 1.54) is 12.1 Å². The van der Waals surface area contributed by atoms with Gasteiger partial charge >= 0.3 is 6.18 Å². The molecule has 1 atom stereocenters. The first-order valence-corrected chi connectivity index (χ1v) is 8.94. The zero-order valence-electron chi connectivity index (χ0n) is 14.8. The van der Waals surface area contributed by atoms with Gasteiger partial charge in [0.2, 0.25) is 5.91 Å². The molecule has 0 spiro atoms. The lowest BCUT2D eigenvalue weighted by Gasteiger charge is -2.26. The van der Waals surface area contributed by atoms with E-state index < -0.39 is 35.2 Å². The number of benzene rings is 1. The van der Waals surface area contributed by atoms with Gasteiger partial charge in [0, 0.05) is 0 Å². The summed E-state index contributed by atoms with van der Waals surface area (Å²) in [6.45, 7) is -0.227. The normalized spacial score (nSPS) is 16.2. The van der Waals surface area contributed by atoms with Crippen LogP contribution in [0.2, 0.25) is 0 Å². The molecule has 0 heterocycles. The Morgan fingerprint density at radius 1 is 1.19 bits per heavy atom. The van der Waals surface area contributed by atoms with Crippen LogP contribution in [0.3, 0.4) is 0 Å². The SMILES string of the molecule is N#CCNC(=O)C(CC1CCCCC1)NC(=O)c1ccccc1C(F)(F)F. The topological polar surface area (TPSA) is 82.0 Å². The van der Waals surface area contributed by atoms with Crippen LogP contribution in [-0.2, 0) is 11.0 Å². The standard InChI is InChI=1S/C19H22F3N3O2/c20-19(21,22)15-9-5-4-8-14(15)17(26)25-16(18(27)24-11-10-23)12-13-6-2-1-3-7-13/h4-5,8-9,13,16H,1-3,6-7,11-12H2,(H,24,27)(H,25,26). The number of hydrogen-bond donors (Lipinski definition) is 2. The third-order valence-electron chi connectivity index (χ3n) is 4.73. The molecule has 1 aromatic rings. The van der Waals surface area contributed by atoms with E-state index in [2.05, 4.69) is 10.6 Å². The maximum atomic E-state index is 13.1. The smallest absolute Gasteiger partial charge is 0.341 e. The first-order chi connectivity index (χ1) is 12.8. The number of carbonyl (C=O) groups excluding carboxylic acids is 2. The Bertz CT molecular complexity index is 707. The Morgan fingerprint density at radius 3 is 2.48 bits per heavy atom. The fraction of sp³-hybridized carbons (Fsp3) is 0.526. The zero-order chi connectivity index (χ0) is 19.9. The Balaban J connectivity index is 2.17. The Morgan fingerprint density at radius 2 is 1.85 bits per heavy atom. The fourth-order valence-electron chi connectivity index (χ4n) is 3.40. The fourth-order valence-corrected chi connectivity index (χ4v) is 3.40. The summed E-state index contributed by atoms with van der Waals surface area (Å²) in [5, 5.41) is 13.5. The number of nitrogens with one attached hydrogen (secondary N) is 2. The molecule has 0 radical (unpaired) electrons. The van der Waals surface area contributed by atoms with Crippen LogP contribution >= 0.6 is 0 Å². The van der Waals surface area contributed by atoms with Crippen LogP contribution in [0.1, 0.15) is 54.4 Å². The van der Waals surface area contributed by atoms with E-state index in [-0.39, 0.29) is 12.5 Å². The molecular formula is C19H22F3N3O2. The van der Waals surface area contributed by atoms with Gasteiger partial charge in [-0.2, -0.15) is 18.4 Å². The van der Waals surface area contributed by atoms with Gasteiger partial charge in [0.15, 0.2) is 0 Å². The Labute approximate surface area is 155 Å². The highest BCUT2D eigenvalue weighted by Crippen LogP contribution is 2.32. The molecule has 0 bridgehead atoms. The molecule has 0 aliphatic heterocycles. The van der Waals surface area contributed by atoms with Crippen molar-refractivity contribution in [3.8, 4) is 6.07 Å². The van der Waals surface area contributed by atoms with Crippen LogP contribution < -0.4 is 10.6 Å². The van der Waals surface area contributed by atoms with Crippen molar-refractivity contribution in [2.24, 2.45) is 5.92 Å². The van der Waals surface area contributed by atoms with Gasteiger partial charge in [0.1, 0.15) is 12.6 Å². The summed E-state index contributed by atoms with van der Waals surface area (Å²) in [4.78, 5) is 24.8. The van der Waals surface area contributed by atoms with Crippen LogP contribution in [-0.4, -0.2) is 24.4 Å². The third kappa shape index (κ3) is 5.98. The molecule has 146 valence electrons. The molecule has 0 saturated heterocycles. The molecule has 1 unspecified atom stereocenters. The molecular weight excluding hydrogens is 359 g/mol. The van der Waals surface area contributed by atoms with Crippen LogP contribution in [0.15, 0.2) is 24.3 Å². The molecule has 8 heteroatoms. The summed E-state index contributed by atoms with van der Waals surface area (Å²) >= 11 is 0.